The quantitative estimate of drug-likeness (QED) is 0.764. The normalized spacial score (nSPS) is 16.2. The molecule has 0 unspecified atom stereocenters. The molecule has 1 fully saturated rings. The van der Waals surface area contributed by atoms with Crippen molar-refractivity contribution in [2.75, 3.05) is 39.8 Å². The number of likely N-dealkylation sites (N-methyl/N-ethyl adjacent to an activating group) is 1. The molecule has 3 rings (SSSR count). The van der Waals surface area contributed by atoms with E-state index in [4.69, 9.17) is 0 Å². The van der Waals surface area contributed by atoms with Gasteiger partial charge in [-0.1, -0.05) is 48.5 Å². The maximum absolute atomic E-state index is 12.6. The van der Waals surface area contributed by atoms with Crippen molar-refractivity contribution >= 4 is 5.78 Å². The van der Waals surface area contributed by atoms with Gasteiger partial charge in [-0.05, 0) is 37.1 Å². The number of hydrogen-bond acceptors (Lipinski definition) is 3. The number of piperazine rings is 1. The molecule has 0 spiro atoms. The van der Waals surface area contributed by atoms with E-state index in [0.717, 1.165) is 44.6 Å². The minimum Gasteiger partial charge on any atom is -0.304 e. The predicted octanol–water partition coefficient (Wildman–Crippen LogP) is 2.90. The standard InChI is InChI=1S/C21H26N2O/c1-22-12-14-23(15-13-22)17-21(24)20-9-5-8-19(16-20)11-10-18-6-3-2-4-7-18/h2-9,16H,10-15,17H2,1H3. The fourth-order valence-corrected chi connectivity index (χ4v) is 3.13. The summed E-state index contributed by atoms with van der Waals surface area (Å²) in [6.45, 7) is 4.59. The monoisotopic (exact) mass is 322 g/mol. The molecule has 0 saturated carbocycles. The Bertz CT molecular complexity index is 661. The van der Waals surface area contributed by atoms with Crippen molar-refractivity contribution in [1.29, 1.82) is 0 Å². The second kappa shape index (κ2) is 8.22. The average Bonchev–Trinajstić information content (AvgIpc) is 2.63. The SMILES string of the molecule is CN1CCN(CC(=O)c2cccc(CCc3ccccc3)c2)CC1. The maximum Gasteiger partial charge on any atom is 0.176 e. The van der Waals surface area contributed by atoms with Gasteiger partial charge in [0.1, 0.15) is 0 Å². The second-order valence-corrected chi connectivity index (χ2v) is 6.69. The van der Waals surface area contributed by atoms with E-state index < -0.39 is 0 Å². The Balaban J connectivity index is 1.57. The number of Topliss-reactive ketones (excluding diaryl/α,β-unsaturated/α-hetero) is 1. The lowest BCUT2D eigenvalue weighted by atomic mass is 10.0. The van der Waals surface area contributed by atoms with Crippen LogP contribution in [0.15, 0.2) is 54.6 Å². The molecule has 1 aliphatic rings. The van der Waals surface area contributed by atoms with Crippen LogP contribution in [0.5, 0.6) is 0 Å². The maximum atomic E-state index is 12.6. The molecule has 0 aromatic heterocycles. The summed E-state index contributed by atoms with van der Waals surface area (Å²) in [5, 5.41) is 0. The Labute approximate surface area is 144 Å². The Morgan fingerprint density at radius 1 is 0.875 bits per heavy atom. The molecule has 0 aliphatic carbocycles. The molecule has 126 valence electrons. The van der Waals surface area contributed by atoms with Crippen molar-refractivity contribution < 1.29 is 4.79 Å². The van der Waals surface area contributed by atoms with E-state index >= 15 is 0 Å². The minimum atomic E-state index is 0.237. The summed E-state index contributed by atoms with van der Waals surface area (Å²) in [5.41, 5.74) is 3.43. The zero-order valence-corrected chi connectivity index (χ0v) is 14.4. The topological polar surface area (TPSA) is 23.6 Å². The van der Waals surface area contributed by atoms with Crippen LogP contribution in [0.25, 0.3) is 0 Å². The lowest BCUT2D eigenvalue weighted by Crippen LogP contribution is -2.46. The molecule has 2 aromatic carbocycles. The van der Waals surface area contributed by atoms with Crippen molar-refractivity contribution in [3.8, 4) is 0 Å². The summed E-state index contributed by atoms with van der Waals surface area (Å²) in [5.74, 6) is 0.237. The Kier molecular flexibility index (Phi) is 5.78. The van der Waals surface area contributed by atoms with E-state index in [1.165, 1.54) is 11.1 Å². The van der Waals surface area contributed by atoms with Crippen molar-refractivity contribution in [1.82, 2.24) is 9.80 Å². The van der Waals surface area contributed by atoms with E-state index in [0.29, 0.717) is 6.54 Å². The molecule has 24 heavy (non-hydrogen) atoms. The van der Waals surface area contributed by atoms with Crippen LogP contribution in [-0.2, 0) is 12.8 Å². The number of benzene rings is 2. The molecular formula is C21H26N2O. The van der Waals surface area contributed by atoms with Gasteiger partial charge in [0.15, 0.2) is 5.78 Å². The first-order valence-corrected chi connectivity index (χ1v) is 8.78. The van der Waals surface area contributed by atoms with Gasteiger partial charge in [-0.3, -0.25) is 9.69 Å². The highest BCUT2D eigenvalue weighted by molar-refractivity contribution is 5.97. The first-order valence-electron chi connectivity index (χ1n) is 8.78. The minimum absolute atomic E-state index is 0.237. The second-order valence-electron chi connectivity index (χ2n) is 6.69. The summed E-state index contributed by atoms with van der Waals surface area (Å²) >= 11 is 0. The van der Waals surface area contributed by atoms with Crippen LogP contribution < -0.4 is 0 Å². The molecule has 1 aliphatic heterocycles. The van der Waals surface area contributed by atoms with Gasteiger partial charge in [-0.2, -0.15) is 0 Å². The van der Waals surface area contributed by atoms with Crippen LogP contribution >= 0.6 is 0 Å². The average molecular weight is 322 g/mol. The third-order valence-electron chi connectivity index (χ3n) is 4.76. The van der Waals surface area contributed by atoms with Crippen LogP contribution in [0, 0.1) is 0 Å². The Morgan fingerprint density at radius 3 is 2.29 bits per heavy atom. The van der Waals surface area contributed by atoms with Crippen LogP contribution in [0.3, 0.4) is 0 Å². The number of carbonyl (C=O) groups excluding carboxylic acids is 1. The Hall–Kier alpha value is -1.97. The van der Waals surface area contributed by atoms with Gasteiger partial charge in [0.05, 0.1) is 6.54 Å². The summed E-state index contributed by atoms with van der Waals surface area (Å²) in [6, 6.07) is 18.7. The van der Waals surface area contributed by atoms with E-state index in [2.05, 4.69) is 53.2 Å². The molecule has 1 heterocycles. The summed E-state index contributed by atoms with van der Waals surface area (Å²) in [4.78, 5) is 17.1. The van der Waals surface area contributed by atoms with E-state index in [1.54, 1.807) is 0 Å². The number of hydrogen-bond donors (Lipinski definition) is 0. The first kappa shape index (κ1) is 16.9. The number of rotatable bonds is 6. The molecule has 0 amide bonds. The highest BCUT2D eigenvalue weighted by Gasteiger charge is 2.17. The molecule has 0 radical (unpaired) electrons. The van der Waals surface area contributed by atoms with Crippen molar-refractivity contribution in [2.24, 2.45) is 0 Å². The lowest BCUT2D eigenvalue weighted by Gasteiger charge is -2.31. The smallest absolute Gasteiger partial charge is 0.176 e. The van der Waals surface area contributed by atoms with Crippen molar-refractivity contribution in [3.63, 3.8) is 0 Å². The van der Waals surface area contributed by atoms with Crippen LogP contribution in [-0.4, -0.2) is 55.4 Å². The molecule has 0 N–H and O–H groups in total. The first-order chi connectivity index (χ1) is 11.7. The van der Waals surface area contributed by atoms with Crippen LogP contribution in [0.4, 0.5) is 0 Å². The number of ketones is 1. The van der Waals surface area contributed by atoms with Gasteiger partial charge < -0.3 is 4.90 Å². The third kappa shape index (κ3) is 4.76. The largest absolute Gasteiger partial charge is 0.304 e. The number of aryl methyl sites for hydroxylation is 2. The third-order valence-corrected chi connectivity index (χ3v) is 4.76. The fourth-order valence-electron chi connectivity index (χ4n) is 3.13. The van der Waals surface area contributed by atoms with Gasteiger partial charge in [-0.25, -0.2) is 0 Å². The van der Waals surface area contributed by atoms with Gasteiger partial charge in [-0.15, -0.1) is 0 Å². The molecule has 3 heteroatoms. The lowest BCUT2D eigenvalue weighted by molar-refractivity contribution is 0.0876. The number of nitrogens with zero attached hydrogens (tertiary/aromatic N) is 2. The molecule has 3 nitrogen and oxygen atoms in total. The summed E-state index contributed by atoms with van der Waals surface area (Å²) < 4.78 is 0. The van der Waals surface area contributed by atoms with Crippen LogP contribution in [0.1, 0.15) is 21.5 Å². The van der Waals surface area contributed by atoms with Gasteiger partial charge >= 0.3 is 0 Å². The molecular weight excluding hydrogens is 296 g/mol. The van der Waals surface area contributed by atoms with Crippen LogP contribution in [0.2, 0.25) is 0 Å². The van der Waals surface area contributed by atoms with E-state index in [-0.39, 0.29) is 5.78 Å². The predicted molar refractivity (Wildman–Crippen MR) is 98.6 cm³/mol. The zero-order chi connectivity index (χ0) is 16.8. The highest BCUT2D eigenvalue weighted by atomic mass is 16.1. The number of carbonyl (C=O) groups is 1. The summed E-state index contributed by atoms with van der Waals surface area (Å²) in [7, 11) is 2.13. The van der Waals surface area contributed by atoms with Gasteiger partial charge in [0, 0.05) is 31.7 Å². The molecule has 1 saturated heterocycles. The van der Waals surface area contributed by atoms with Gasteiger partial charge in [0.2, 0.25) is 0 Å². The fraction of sp³-hybridized carbons (Fsp3) is 0.381. The van der Waals surface area contributed by atoms with E-state index in [1.807, 2.05) is 18.2 Å². The summed E-state index contributed by atoms with van der Waals surface area (Å²) in [6.07, 6.45) is 1.98. The van der Waals surface area contributed by atoms with E-state index in [9.17, 15) is 4.79 Å². The highest BCUT2D eigenvalue weighted by Crippen LogP contribution is 2.11. The molecule has 0 bridgehead atoms. The van der Waals surface area contributed by atoms with Crippen molar-refractivity contribution in [2.45, 2.75) is 12.8 Å². The zero-order valence-electron chi connectivity index (χ0n) is 14.4. The Morgan fingerprint density at radius 2 is 1.54 bits per heavy atom. The molecule has 0 atom stereocenters. The van der Waals surface area contributed by atoms with Crippen molar-refractivity contribution in [3.05, 3.63) is 71.3 Å². The molecule has 2 aromatic rings. The van der Waals surface area contributed by atoms with Gasteiger partial charge in [0.25, 0.3) is 0 Å².